The molecule has 0 unspecified atom stereocenters. The Kier molecular flexibility index (Phi) is 4.91. The van der Waals surface area contributed by atoms with Crippen LogP contribution in [0.3, 0.4) is 0 Å². The van der Waals surface area contributed by atoms with Gasteiger partial charge in [0.1, 0.15) is 0 Å². The summed E-state index contributed by atoms with van der Waals surface area (Å²) in [6.45, 7) is 0. The van der Waals surface area contributed by atoms with E-state index < -0.39 is 6.09 Å². The predicted octanol–water partition coefficient (Wildman–Crippen LogP) is 0.567. The van der Waals surface area contributed by atoms with Crippen LogP contribution in [0.25, 0.3) is 0 Å². The number of nitrogens with zero attached hydrogens (tertiary/aromatic N) is 1. The lowest BCUT2D eigenvalue weighted by atomic mass is 10.9. The highest BCUT2D eigenvalue weighted by atomic mass is 35.5. The van der Waals surface area contributed by atoms with E-state index in [0.717, 1.165) is 0 Å². The van der Waals surface area contributed by atoms with Crippen molar-refractivity contribution in [2.24, 2.45) is 5.10 Å². The molecule has 0 fully saturated rings. The highest BCUT2D eigenvalue weighted by Gasteiger charge is 1.90. The standard InChI is InChI=1S/C4H7ClN2O2/c1-9-4(8)7-6-3-2-5/h3H,2H2,1H3,(H,7,8)/b6-3+. The van der Waals surface area contributed by atoms with Gasteiger partial charge in [-0.2, -0.15) is 5.10 Å². The van der Waals surface area contributed by atoms with Gasteiger partial charge in [0, 0.05) is 6.21 Å². The van der Waals surface area contributed by atoms with Crippen molar-refractivity contribution >= 4 is 23.9 Å². The van der Waals surface area contributed by atoms with Gasteiger partial charge in [-0.3, -0.25) is 0 Å². The van der Waals surface area contributed by atoms with Gasteiger partial charge in [0.2, 0.25) is 0 Å². The van der Waals surface area contributed by atoms with Crippen LogP contribution in [-0.2, 0) is 4.74 Å². The molecule has 0 aliphatic heterocycles. The Hall–Kier alpha value is -0.770. The monoisotopic (exact) mass is 150 g/mol. The molecule has 0 bridgehead atoms. The quantitative estimate of drug-likeness (QED) is 0.355. The first-order valence-electron chi connectivity index (χ1n) is 2.22. The molecule has 0 heterocycles. The number of carbonyl (C=O) groups is 1. The second kappa shape index (κ2) is 5.37. The summed E-state index contributed by atoms with van der Waals surface area (Å²) in [6.07, 6.45) is 0.745. The molecule has 4 nitrogen and oxygen atoms in total. The topological polar surface area (TPSA) is 50.7 Å². The van der Waals surface area contributed by atoms with Crippen molar-refractivity contribution in [3.63, 3.8) is 0 Å². The van der Waals surface area contributed by atoms with Crippen LogP contribution in [-0.4, -0.2) is 25.3 Å². The van der Waals surface area contributed by atoms with Gasteiger partial charge < -0.3 is 4.74 Å². The van der Waals surface area contributed by atoms with E-state index in [4.69, 9.17) is 11.6 Å². The van der Waals surface area contributed by atoms with E-state index in [0.29, 0.717) is 0 Å². The molecule has 5 heteroatoms. The highest BCUT2D eigenvalue weighted by Crippen LogP contribution is 1.70. The van der Waals surface area contributed by atoms with E-state index in [1.807, 2.05) is 0 Å². The molecule has 1 N–H and O–H groups in total. The zero-order valence-electron chi connectivity index (χ0n) is 4.93. The number of halogens is 1. The first kappa shape index (κ1) is 8.23. The van der Waals surface area contributed by atoms with Gasteiger partial charge in [-0.15, -0.1) is 11.6 Å². The average Bonchev–Trinajstić information content (AvgIpc) is 1.89. The largest absolute Gasteiger partial charge is 0.452 e. The normalized spacial score (nSPS) is 9.56. The molecule has 0 saturated carbocycles. The Bertz CT molecular complexity index is 115. The SMILES string of the molecule is COC(=O)N/N=C/CCl. The molecule has 0 aliphatic rings. The lowest BCUT2D eigenvalue weighted by molar-refractivity contribution is 0.171. The summed E-state index contributed by atoms with van der Waals surface area (Å²) >= 11 is 5.19. The van der Waals surface area contributed by atoms with Crippen LogP contribution in [0.15, 0.2) is 5.10 Å². The summed E-state index contributed by atoms with van der Waals surface area (Å²) in [5.41, 5.74) is 2.06. The van der Waals surface area contributed by atoms with Crippen molar-refractivity contribution in [2.75, 3.05) is 13.0 Å². The van der Waals surface area contributed by atoms with Crippen molar-refractivity contribution in [1.29, 1.82) is 0 Å². The van der Waals surface area contributed by atoms with Crippen LogP contribution >= 0.6 is 11.6 Å². The van der Waals surface area contributed by atoms with Crippen LogP contribution in [0.1, 0.15) is 0 Å². The molecule has 0 radical (unpaired) electrons. The molecule has 0 aromatic rings. The third-order valence-corrected chi connectivity index (χ3v) is 0.640. The van der Waals surface area contributed by atoms with Gasteiger partial charge in [0.15, 0.2) is 0 Å². The second-order valence-electron chi connectivity index (χ2n) is 1.07. The number of amides is 1. The maximum absolute atomic E-state index is 10.2. The van der Waals surface area contributed by atoms with Gasteiger partial charge in [-0.25, -0.2) is 10.2 Å². The minimum absolute atomic E-state index is 0.268. The fourth-order valence-corrected chi connectivity index (χ4v) is 0.248. The number of nitrogens with one attached hydrogen (secondary N) is 1. The Balaban J connectivity index is 3.26. The molecule has 0 atom stereocenters. The first-order chi connectivity index (χ1) is 4.31. The molecule has 1 amide bonds. The second-order valence-corrected chi connectivity index (χ2v) is 1.38. The van der Waals surface area contributed by atoms with Gasteiger partial charge in [-0.1, -0.05) is 0 Å². The third-order valence-electron chi connectivity index (χ3n) is 0.502. The van der Waals surface area contributed by atoms with Gasteiger partial charge >= 0.3 is 6.09 Å². The summed E-state index contributed by atoms with van der Waals surface area (Å²) in [4.78, 5) is 10.2. The Morgan fingerprint density at radius 2 is 2.67 bits per heavy atom. The first-order valence-corrected chi connectivity index (χ1v) is 2.76. The van der Waals surface area contributed by atoms with Gasteiger partial charge in [-0.05, 0) is 0 Å². The van der Waals surface area contributed by atoms with E-state index in [2.05, 4.69) is 15.3 Å². The van der Waals surface area contributed by atoms with Crippen LogP contribution in [0.2, 0.25) is 0 Å². The highest BCUT2D eigenvalue weighted by molar-refractivity contribution is 6.24. The maximum Gasteiger partial charge on any atom is 0.427 e. The van der Waals surface area contributed by atoms with Gasteiger partial charge in [0.05, 0.1) is 13.0 Å². The van der Waals surface area contributed by atoms with E-state index in [1.54, 1.807) is 0 Å². The van der Waals surface area contributed by atoms with E-state index in [-0.39, 0.29) is 5.88 Å². The molecule has 0 aromatic carbocycles. The van der Waals surface area contributed by atoms with E-state index in [9.17, 15) is 4.79 Å². The Morgan fingerprint density at radius 3 is 3.11 bits per heavy atom. The fraction of sp³-hybridized carbons (Fsp3) is 0.500. The fourth-order valence-electron chi connectivity index (χ4n) is 0.178. The third kappa shape index (κ3) is 5.10. The summed E-state index contributed by atoms with van der Waals surface area (Å²) < 4.78 is 4.19. The Labute approximate surface area is 57.8 Å². The van der Waals surface area contributed by atoms with Crippen LogP contribution in [0.5, 0.6) is 0 Å². The minimum Gasteiger partial charge on any atom is -0.452 e. The molecule has 0 saturated heterocycles. The summed E-state index contributed by atoms with van der Waals surface area (Å²) in [5.74, 6) is 0.268. The van der Waals surface area contributed by atoms with Crippen LogP contribution in [0, 0.1) is 0 Å². The van der Waals surface area contributed by atoms with Crippen molar-refractivity contribution in [3.8, 4) is 0 Å². The molecule has 0 aliphatic carbocycles. The number of alkyl halides is 1. The number of carbonyl (C=O) groups excluding carboxylic acids is 1. The van der Waals surface area contributed by atoms with Crippen molar-refractivity contribution in [3.05, 3.63) is 0 Å². The minimum atomic E-state index is -0.601. The Morgan fingerprint density at radius 1 is 2.00 bits per heavy atom. The number of hydrazone groups is 1. The number of hydrogen-bond donors (Lipinski definition) is 1. The smallest absolute Gasteiger partial charge is 0.427 e. The lowest BCUT2D eigenvalue weighted by Crippen LogP contribution is -2.16. The van der Waals surface area contributed by atoms with Crippen LogP contribution in [0.4, 0.5) is 4.79 Å². The number of methoxy groups -OCH3 is 1. The van der Waals surface area contributed by atoms with Gasteiger partial charge in [0.25, 0.3) is 0 Å². The predicted molar refractivity (Wildman–Crippen MR) is 34.8 cm³/mol. The molecular weight excluding hydrogens is 144 g/mol. The zero-order valence-corrected chi connectivity index (χ0v) is 5.68. The molecule has 0 aromatic heterocycles. The summed E-state index contributed by atoms with van der Waals surface area (Å²) in [5, 5.41) is 3.38. The number of hydrogen-bond acceptors (Lipinski definition) is 3. The van der Waals surface area contributed by atoms with E-state index >= 15 is 0 Å². The van der Waals surface area contributed by atoms with E-state index in [1.165, 1.54) is 13.3 Å². The van der Waals surface area contributed by atoms with Crippen molar-refractivity contribution in [2.45, 2.75) is 0 Å². The molecule has 0 spiro atoms. The number of ether oxygens (including phenoxy) is 1. The molecular formula is C4H7ClN2O2. The maximum atomic E-state index is 10.2. The summed E-state index contributed by atoms with van der Waals surface area (Å²) in [6, 6.07) is 0. The average molecular weight is 151 g/mol. The van der Waals surface area contributed by atoms with Crippen molar-refractivity contribution in [1.82, 2.24) is 5.43 Å². The zero-order chi connectivity index (χ0) is 7.11. The molecule has 0 rings (SSSR count). The van der Waals surface area contributed by atoms with Crippen LogP contribution < -0.4 is 5.43 Å². The molecule has 9 heavy (non-hydrogen) atoms. The lowest BCUT2D eigenvalue weighted by Gasteiger charge is -1.92. The number of rotatable bonds is 2. The van der Waals surface area contributed by atoms with Crippen molar-refractivity contribution < 1.29 is 9.53 Å². The molecule has 52 valence electrons. The summed E-state index contributed by atoms with van der Waals surface area (Å²) in [7, 11) is 1.26.